The van der Waals surface area contributed by atoms with Crippen molar-refractivity contribution in [1.29, 1.82) is 0 Å². The van der Waals surface area contributed by atoms with E-state index in [2.05, 4.69) is 34.7 Å². The van der Waals surface area contributed by atoms with Crippen LogP contribution in [0.5, 0.6) is 0 Å². The van der Waals surface area contributed by atoms with Gasteiger partial charge in [-0.1, -0.05) is 57.0 Å². The van der Waals surface area contributed by atoms with Crippen LogP contribution in [0.3, 0.4) is 0 Å². The molecule has 1 aliphatic carbocycles. The molecule has 1 heterocycles. The highest BCUT2D eigenvalue weighted by Gasteiger charge is 2.48. The number of likely N-dealkylation sites (tertiary alicyclic amines) is 1. The Morgan fingerprint density at radius 3 is 2.19 bits per heavy atom. The lowest BCUT2D eigenvalue weighted by atomic mass is 9.85. The van der Waals surface area contributed by atoms with Crippen molar-refractivity contribution in [3.05, 3.63) is 35.9 Å². The van der Waals surface area contributed by atoms with Crippen LogP contribution in [0.4, 0.5) is 4.79 Å². The van der Waals surface area contributed by atoms with Crippen molar-refractivity contribution >= 4 is 29.8 Å². The fourth-order valence-corrected chi connectivity index (χ4v) is 6.91. The second-order valence-corrected chi connectivity index (χ2v) is 14.1. The van der Waals surface area contributed by atoms with Gasteiger partial charge in [0.15, 0.2) is 0 Å². The molecule has 2 aliphatic rings. The van der Waals surface area contributed by atoms with Crippen LogP contribution in [-0.4, -0.2) is 102 Å². The Kier molecular flexibility index (Phi) is 15.2. The van der Waals surface area contributed by atoms with Gasteiger partial charge in [-0.2, -0.15) is 0 Å². The third-order valence-electron chi connectivity index (χ3n) is 9.80. The topological polar surface area (TPSA) is 157 Å². The maximum absolute atomic E-state index is 14.0. The number of carboxylic acid groups (broad SMARTS) is 1. The normalized spacial score (nSPS) is 20.9. The number of carbonyl (C=O) groups excluding carboxylic acids is 4. The molecule has 1 aromatic rings. The van der Waals surface area contributed by atoms with E-state index in [1.165, 1.54) is 12.0 Å². The number of fused-ring (bicyclic) bond motifs is 1. The summed E-state index contributed by atoms with van der Waals surface area (Å²) in [5, 5.41) is 18.6. The molecule has 1 saturated heterocycles. The number of nitrogens with one attached hydrogen (secondary N) is 3. The smallest absolute Gasteiger partial charge is 0.408 e. The average Bonchev–Trinajstić information content (AvgIpc) is 3.45. The van der Waals surface area contributed by atoms with E-state index in [4.69, 9.17) is 4.74 Å². The number of benzene rings is 1. The van der Waals surface area contributed by atoms with E-state index in [0.717, 1.165) is 44.2 Å². The van der Waals surface area contributed by atoms with Gasteiger partial charge in [-0.25, -0.2) is 9.59 Å². The van der Waals surface area contributed by atoms with E-state index >= 15 is 0 Å². The summed E-state index contributed by atoms with van der Waals surface area (Å²) >= 11 is 0. The summed E-state index contributed by atoms with van der Waals surface area (Å²) in [6, 6.07) is 5.60. The highest BCUT2D eigenvalue weighted by atomic mass is 16.5. The van der Waals surface area contributed by atoms with Gasteiger partial charge in [-0.3, -0.25) is 19.3 Å². The Morgan fingerprint density at radius 1 is 0.917 bits per heavy atom. The predicted octanol–water partition coefficient (Wildman–Crippen LogP) is 3.72. The van der Waals surface area contributed by atoms with Crippen LogP contribution in [-0.2, 0) is 30.3 Å². The van der Waals surface area contributed by atoms with Crippen LogP contribution in [0.15, 0.2) is 30.3 Å². The number of carbonyl (C=O) groups is 5. The Balaban J connectivity index is 1.83. The summed E-state index contributed by atoms with van der Waals surface area (Å²) in [6.45, 7) is 8.88. The van der Waals surface area contributed by atoms with Gasteiger partial charge in [0.2, 0.25) is 17.7 Å². The summed E-state index contributed by atoms with van der Waals surface area (Å²) in [6.07, 6.45) is 5.10. The number of rotatable bonds is 17. The third-order valence-corrected chi connectivity index (χ3v) is 9.80. The van der Waals surface area contributed by atoms with E-state index in [1.54, 1.807) is 0 Å². The van der Waals surface area contributed by atoms with E-state index < -0.39 is 54.0 Å². The first kappa shape index (κ1) is 38.8. The van der Waals surface area contributed by atoms with E-state index in [9.17, 15) is 29.1 Å². The number of hydrogen-bond acceptors (Lipinski definition) is 7. The Morgan fingerprint density at radius 2 is 1.56 bits per heavy atom. The van der Waals surface area contributed by atoms with Gasteiger partial charge in [-0.15, -0.1) is 0 Å². The van der Waals surface area contributed by atoms with Crippen LogP contribution in [0.25, 0.3) is 0 Å². The van der Waals surface area contributed by atoms with Gasteiger partial charge in [-0.05, 0) is 89.8 Å². The molecule has 3 rings (SSSR count). The number of unbranched alkanes of at least 4 members (excludes halogenated alkanes) is 1. The maximum atomic E-state index is 14.0. The summed E-state index contributed by atoms with van der Waals surface area (Å²) in [5.41, 5.74) is 0.805. The molecule has 4 N–H and O–H groups in total. The molecule has 268 valence electrons. The second-order valence-electron chi connectivity index (χ2n) is 14.1. The fourth-order valence-electron chi connectivity index (χ4n) is 6.91. The molecule has 0 bridgehead atoms. The van der Waals surface area contributed by atoms with E-state index in [0.29, 0.717) is 31.7 Å². The zero-order valence-corrected chi connectivity index (χ0v) is 29.6. The van der Waals surface area contributed by atoms with Crippen molar-refractivity contribution in [2.24, 2.45) is 11.8 Å². The monoisotopic (exact) mass is 671 g/mol. The third kappa shape index (κ3) is 11.2. The molecular weight excluding hydrogens is 614 g/mol. The lowest BCUT2D eigenvalue weighted by Gasteiger charge is -2.32. The standard InChI is InChI=1S/C36H57N5O7/c1-23(2)20-29(35(45)48-6)39-33(43)28(21-25-14-8-7-9-15-25)38-32(42)27(17-12-13-19-40(5)24(3)4)37-34(44)31-22-26-16-10-11-18-30(26)41(31)36(46)47/h7-9,14-15,23-24,26-31H,10-13,16-22H2,1-6H3,(H,37,44)(H,38,42)(H,39,43)(H,46,47)/t26?,27-,28-,29-,30?,31?/m0/s1. The first-order valence-corrected chi connectivity index (χ1v) is 17.6. The quantitative estimate of drug-likeness (QED) is 0.144. The highest BCUT2D eigenvalue weighted by molar-refractivity contribution is 5.95. The minimum absolute atomic E-state index is 0.0932. The number of esters is 1. The van der Waals surface area contributed by atoms with Gasteiger partial charge in [0.25, 0.3) is 0 Å². The number of hydrogen-bond donors (Lipinski definition) is 4. The Labute approximate surface area is 285 Å². The molecule has 0 spiro atoms. The molecular formula is C36H57N5O7. The van der Waals surface area contributed by atoms with Gasteiger partial charge in [0, 0.05) is 18.5 Å². The van der Waals surface area contributed by atoms with Crippen LogP contribution in [0.1, 0.15) is 91.0 Å². The van der Waals surface area contributed by atoms with Crippen LogP contribution in [0, 0.1) is 11.8 Å². The van der Waals surface area contributed by atoms with Gasteiger partial charge >= 0.3 is 12.1 Å². The molecule has 12 heteroatoms. The Bertz CT molecular complexity index is 1230. The number of nitrogens with zero attached hydrogens (tertiary/aromatic N) is 2. The Hall–Kier alpha value is -3.67. The number of ether oxygens (including phenoxy) is 1. The SMILES string of the molecule is COC(=O)[C@H](CC(C)C)NC(=O)[C@H](Cc1ccccc1)NC(=O)[C@H](CCCCN(C)C(C)C)NC(=O)C1CC2CCCCC2N1C(=O)O. The molecule has 3 unspecified atom stereocenters. The maximum Gasteiger partial charge on any atom is 0.408 e. The van der Waals surface area contributed by atoms with Crippen molar-refractivity contribution in [2.45, 2.75) is 128 Å². The van der Waals surface area contributed by atoms with Crippen molar-refractivity contribution < 1.29 is 33.8 Å². The molecule has 0 aromatic heterocycles. The zero-order valence-electron chi connectivity index (χ0n) is 29.6. The van der Waals surface area contributed by atoms with Gasteiger partial charge in [0.05, 0.1) is 7.11 Å². The van der Waals surface area contributed by atoms with Crippen LogP contribution >= 0.6 is 0 Å². The average molecular weight is 672 g/mol. The molecule has 0 radical (unpaired) electrons. The van der Waals surface area contributed by atoms with Crippen molar-refractivity contribution in [3.63, 3.8) is 0 Å². The number of amides is 4. The van der Waals surface area contributed by atoms with Gasteiger partial charge in [0.1, 0.15) is 24.2 Å². The molecule has 6 atom stereocenters. The molecule has 4 amide bonds. The lowest BCUT2D eigenvalue weighted by molar-refractivity contribution is -0.146. The molecule has 12 nitrogen and oxygen atoms in total. The van der Waals surface area contributed by atoms with Crippen molar-refractivity contribution in [2.75, 3.05) is 20.7 Å². The highest BCUT2D eigenvalue weighted by Crippen LogP contribution is 2.39. The summed E-state index contributed by atoms with van der Waals surface area (Å²) < 4.78 is 4.93. The second kappa shape index (κ2) is 18.8. The molecule has 2 fully saturated rings. The van der Waals surface area contributed by atoms with E-state index in [1.807, 2.05) is 51.2 Å². The first-order chi connectivity index (χ1) is 22.8. The lowest BCUT2D eigenvalue weighted by Crippen LogP contribution is -2.58. The van der Waals surface area contributed by atoms with Crippen LogP contribution in [0.2, 0.25) is 0 Å². The fraction of sp³-hybridized carbons (Fsp3) is 0.694. The van der Waals surface area contributed by atoms with Crippen molar-refractivity contribution in [1.82, 2.24) is 25.8 Å². The first-order valence-electron chi connectivity index (χ1n) is 17.6. The van der Waals surface area contributed by atoms with E-state index in [-0.39, 0.29) is 24.3 Å². The van der Waals surface area contributed by atoms with Gasteiger partial charge < -0.3 is 30.7 Å². The summed E-state index contributed by atoms with van der Waals surface area (Å²) in [4.78, 5) is 69.9. The predicted molar refractivity (Wildman–Crippen MR) is 183 cm³/mol. The molecule has 1 aromatic carbocycles. The number of methoxy groups -OCH3 is 1. The molecule has 1 aliphatic heterocycles. The summed E-state index contributed by atoms with van der Waals surface area (Å²) in [7, 11) is 3.30. The minimum atomic E-state index is -1.12. The molecule has 48 heavy (non-hydrogen) atoms. The largest absolute Gasteiger partial charge is 0.467 e. The van der Waals surface area contributed by atoms with Crippen molar-refractivity contribution in [3.8, 4) is 0 Å². The molecule has 1 saturated carbocycles. The minimum Gasteiger partial charge on any atom is -0.467 e. The zero-order chi connectivity index (χ0) is 35.4. The summed E-state index contributed by atoms with van der Waals surface area (Å²) in [5.74, 6) is -1.92. The van der Waals surface area contributed by atoms with Crippen LogP contribution < -0.4 is 16.0 Å².